The minimum Gasteiger partial charge on any atom is -0.449 e. The molecule has 0 radical (unpaired) electrons. The van der Waals surface area contributed by atoms with Gasteiger partial charge in [0.1, 0.15) is 17.2 Å². The van der Waals surface area contributed by atoms with Crippen molar-refractivity contribution < 1.29 is 27.4 Å². The van der Waals surface area contributed by atoms with E-state index in [-0.39, 0.29) is 27.4 Å². The number of hydrogen-bond acceptors (Lipinski definition) is 6. The highest BCUT2D eigenvalue weighted by molar-refractivity contribution is 7.92. The van der Waals surface area contributed by atoms with Gasteiger partial charge in [-0.3, -0.25) is 4.72 Å². The summed E-state index contributed by atoms with van der Waals surface area (Å²) in [6.07, 6.45) is 3.41. The maximum absolute atomic E-state index is 14.0. The molecular formula is C24H27FN4O5S. The molecule has 2 aromatic carbocycles. The maximum atomic E-state index is 14.0. The van der Waals surface area contributed by atoms with E-state index in [4.69, 9.17) is 4.74 Å². The number of hydrogen-bond donors (Lipinski definition) is 2. The van der Waals surface area contributed by atoms with Gasteiger partial charge in [0.15, 0.2) is 5.75 Å². The summed E-state index contributed by atoms with van der Waals surface area (Å²) in [7, 11) is -4.23. The van der Waals surface area contributed by atoms with Crippen molar-refractivity contribution in [3.63, 3.8) is 0 Å². The average Bonchev–Trinajstić information content (AvgIpc) is 3.39. The van der Waals surface area contributed by atoms with Crippen molar-refractivity contribution >= 4 is 39.0 Å². The van der Waals surface area contributed by atoms with E-state index in [9.17, 15) is 22.7 Å². The second-order valence-corrected chi connectivity index (χ2v) is 9.79. The number of benzene rings is 2. The van der Waals surface area contributed by atoms with Crippen LogP contribution in [0.4, 0.5) is 14.9 Å². The van der Waals surface area contributed by atoms with Gasteiger partial charge in [-0.25, -0.2) is 22.6 Å². The molecule has 3 aromatic rings. The number of carbonyl (C=O) groups is 1. The number of nitrogens with zero attached hydrogens (tertiary/aromatic N) is 3. The van der Waals surface area contributed by atoms with Gasteiger partial charge in [0, 0.05) is 19.5 Å². The van der Waals surface area contributed by atoms with Crippen LogP contribution in [0.2, 0.25) is 0 Å². The van der Waals surface area contributed by atoms with Crippen LogP contribution in [-0.4, -0.2) is 53.8 Å². The second-order valence-electron chi connectivity index (χ2n) is 8.14. The first-order valence-electron chi connectivity index (χ1n) is 11.4. The molecule has 0 saturated heterocycles. The summed E-state index contributed by atoms with van der Waals surface area (Å²) in [6, 6.07) is 6.51. The number of sulfonamides is 1. The van der Waals surface area contributed by atoms with Gasteiger partial charge < -0.3 is 19.3 Å². The Bertz CT molecular complexity index is 1400. The Labute approximate surface area is 202 Å². The van der Waals surface area contributed by atoms with Crippen molar-refractivity contribution in [2.24, 2.45) is 0 Å². The number of rotatable bonds is 9. The van der Waals surface area contributed by atoms with Crippen molar-refractivity contribution in [1.82, 2.24) is 14.5 Å². The SMILES string of the molecule is CCN(CC)C/C=C\c1cc(F)ccc1S(=O)(=O)Nc1ccc2c(nc3n2CCC3)c1OC(=O)O. The minimum absolute atomic E-state index is 0.0703. The molecule has 2 N–H and O–H groups in total. The smallest absolute Gasteiger partial charge is 0.449 e. The van der Waals surface area contributed by atoms with Crippen molar-refractivity contribution in [2.45, 2.75) is 38.1 Å². The molecule has 0 fully saturated rings. The normalized spacial score (nSPS) is 13.6. The highest BCUT2D eigenvalue weighted by Gasteiger charge is 2.26. The lowest BCUT2D eigenvalue weighted by molar-refractivity contribution is 0.145. The minimum atomic E-state index is -4.23. The van der Waals surface area contributed by atoms with E-state index in [1.807, 2.05) is 18.4 Å². The lowest BCUT2D eigenvalue weighted by Crippen LogP contribution is -2.22. The molecule has 0 atom stereocenters. The fourth-order valence-corrected chi connectivity index (χ4v) is 5.47. The first kappa shape index (κ1) is 24.7. The summed E-state index contributed by atoms with van der Waals surface area (Å²) in [4.78, 5) is 17.9. The molecule has 0 spiro atoms. The standard InChI is InChI=1S/C24H27FN4O5S/c1-3-28(4-2)13-5-7-16-15-17(25)9-12-20(16)35(32,33)27-18-10-11-19-22(23(18)34-24(30)31)26-21-8-6-14-29(19)21/h5,7,9-12,15,27H,3-4,6,8,13-14H2,1-2H3,(H,30,31)/b7-5-. The Balaban J connectivity index is 1.72. The van der Waals surface area contributed by atoms with Crippen LogP contribution in [0.25, 0.3) is 17.1 Å². The van der Waals surface area contributed by atoms with Crippen molar-refractivity contribution in [1.29, 1.82) is 0 Å². The third-order valence-electron chi connectivity index (χ3n) is 5.99. The first-order valence-corrected chi connectivity index (χ1v) is 12.9. The average molecular weight is 503 g/mol. The number of nitrogens with one attached hydrogen (secondary N) is 1. The third-order valence-corrected chi connectivity index (χ3v) is 7.43. The van der Waals surface area contributed by atoms with E-state index in [2.05, 4.69) is 14.6 Å². The molecule has 35 heavy (non-hydrogen) atoms. The number of aryl methyl sites for hydroxylation is 2. The number of imidazole rings is 1. The lowest BCUT2D eigenvalue weighted by atomic mass is 10.2. The summed E-state index contributed by atoms with van der Waals surface area (Å²) >= 11 is 0. The number of anilines is 1. The van der Waals surface area contributed by atoms with Crippen molar-refractivity contribution in [3.8, 4) is 5.75 Å². The highest BCUT2D eigenvalue weighted by atomic mass is 32.2. The third kappa shape index (κ3) is 5.15. The molecular weight excluding hydrogens is 475 g/mol. The van der Waals surface area contributed by atoms with Crippen molar-refractivity contribution in [2.75, 3.05) is 24.4 Å². The van der Waals surface area contributed by atoms with Crippen LogP contribution in [0.15, 0.2) is 41.3 Å². The molecule has 0 unspecified atom stereocenters. The molecule has 0 saturated carbocycles. The molecule has 11 heteroatoms. The van der Waals surface area contributed by atoms with Gasteiger partial charge in [0.2, 0.25) is 0 Å². The predicted molar refractivity (Wildman–Crippen MR) is 131 cm³/mol. The Morgan fingerprint density at radius 3 is 2.77 bits per heavy atom. The molecule has 4 rings (SSSR count). The summed E-state index contributed by atoms with van der Waals surface area (Å²) in [6.45, 7) is 6.99. The first-order chi connectivity index (χ1) is 16.7. The number of carboxylic acid groups (broad SMARTS) is 1. The summed E-state index contributed by atoms with van der Waals surface area (Å²) < 4.78 is 50.0. The van der Waals surface area contributed by atoms with Crippen LogP contribution < -0.4 is 9.46 Å². The Hall–Kier alpha value is -3.44. The lowest BCUT2D eigenvalue weighted by Gasteiger charge is -2.16. The van der Waals surface area contributed by atoms with Gasteiger partial charge in [0.25, 0.3) is 10.0 Å². The number of ether oxygens (including phenoxy) is 1. The van der Waals surface area contributed by atoms with Gasteiger partial charge in [-0.05, 0) is 55.4 Å². The fourth-order valence-electron chi connectivity index (χ4n) is 4.23. The van der Waals surface area contributed by atoms with Crippen LogP contribution in [0.1, 0.15) is 31.7 Å². The zero-order chi connectivity index (χ0) is 25.2. The number of fused-ring (bicyclic) bond motifs is 3. The van der Waals surface area contributed by atoms with E-state index >= 15 is 0 Å². The van der Waals surface area contributed by atoms with Gasteiger partial charge in [-0.15, -0.1) is 0 Å². The van der Waals surface area contributed by atoms with E-state index in [1.54, 1.807) is 18.2 Å². The van der Waals surface area contributed by atoms with Gasteiger partial charge in [0.05, 0.1) is 16.1 Å². The maximum Gasteiger partial charge on any atom is 0.511 e. The fraction of sp³-hybridized carbons (Fsp3) is 0.333. The molecule has 1 aliphatic rings. The molecule has 0 aliphatic carbocycles. The summed E-state index contributed by atoms with van der Waals surface area (Å²) in [5.74, 6) is 0.0194. The molecule has 0 bridgehead atoms. The van der Waals surface area contributed by atoms with E-state index < -0.39 is 22.0 Å². The quantitative estimate of drug-likeness (QED) is 0.331. The number of aromatic nitrogens is 2. The monoisotopic (exact) mass is 502 g/mol. The molecule has 186 valence electrons. The van der Waals surface area contributed by atoms with E-state index in [0.29, 0.717) is 12.1 Å². The number of likely N-dealkylation sites (N-methyl/N-ethyl adjacent to an activating group) is 1. The van der Waals surface area contributed by atoms with Gasteiger partial charge in [-0.1, -0.05) is 26.0 Å². The molecule has 0 amide bonds. The van der Waals surface area contributed by atoms with Crippen LogP contribution >= 0.6 is 0 Å². The van der Waals surface area contributed by atoms with E-state index in [0.717, 1.165) is 50.4 Å². The molecule has 1 aliphatic heterocycles. The Morgan fingerprint density at radius 2 is 2.06 bits per heavy atom. The van der Waals surface area contributed by atoms with Crippen LogP contribution in [-0.2, 0) is 23.0 Å². The molecule has 1 aromatic heterocycles. The van der Waals surface area contributed by atoms with Gasteiger partial charge >= 0.3 is 6.16 Å². The Kier molecular flexibility index (Phi) is 7.08. The Morgan fingerprint density at radius 1 is 1.29 bits per heavy atom. The highest BCUT2D eigenvalue weighted by Crippen LogP contribution is 2.37. The predicted octanol–water partition coefficient (Wildman–Crippen LogP) is 4.33. The van der Waals surface area contributed by atoms with E-state index in [1.165, 1.54) is 12.1 Å². The van der Waals surface area contributed by atoms with Crippen LogP contribution in [0, 0.1) is 5.82 Å². The molecule has 2 heterocycles. The summed E-state index contributed by atoms with van der Waals surface area (Å²) in [5, 5.41) is 9.28. The zero-order valence-corrected chi connectivity index (χ0v) is 20.3. The zero-order valence-electron chi connectivity index (χ0n) is 19.5. The topological polar surface area (TPSA) is 114 Å². The van der Waals surface area contributed by atoms with Crippen LogP contribution in [0.3, 0.4) is 0 Å². The molecule has 9 nitrogen and oxygen atoms in total. The van der Waals surface area contributed by atoms with Crippen LogP contribution in [0.5, 0.6) is 5.75 Å². The van der Waals surface area contributed by atoms with Gasteiger partial charge in [-0.2, -0.15) is 0 Å². The second kappa shape index (κ2) is 10.0. The number of halogens is 1. The largest absolute Gasteiger partial charge is 0.511 e. The summed E-state index contributed by atoms with van der Waals surface area (Å²) in [5.41, 5.74) is 1.03. The van der Waals surface area contributed by atoms with Crippen molar-refractivity contribution in [3.05, 3.63) is 53.6 Å².